The molecule has 0 amide bonds. The van der Waals surface area contributed by atoms with Crippen molar-refractivity contribution in [2.24, 2.45) is 11.7 Å². The van der Waals surface area contributed by atoms with Crippen LogP contribution >= 0.6 is 0 Å². The van der Waals surface area contributed by atoms with Gasteiger partial charge in [0.15, 0.2) is 0 Å². The summed E-state index contributed by atoms with van der Waals surface area (Å²) in [6.45, 7) is 6.78. The summed E-state index contributed by atoms with van der Waals surface area (Å²) in [5.41, 5.74) is 8.60. The summed E-state index contributed by atoms with van der Waals surface area (Å²) in [5.74, 6) is 1.63. The molecule has 1 heterocycles. The van der Waals surface area contributed by atoms with Crippen LogP contribution in [-0.4, -0.2) is 25.9 Å². The van der Waals surface area contributed by atoms with E-state index in [-0.39, 0.29) is 6.04 Å². The fourth-order valence-corrected chi connectivity index (χ4v) is 2.56. The predicted octanol–water partition coefficient (Wildman–Crippen LogP) is 3.08. The molecule has 0 radical (unpaired) electrons. The SMILES string of the molecule is CCC(N)Cc1cc(C)ccc1OCC1CCOCC1. The first-order valence-corrected chi connectivity index (χ1v) is 7.74. The molecule has 112 valence electrons. The van der Waals surface area contributed by atoms with Crippen LogP contribution < -0.4 is 10.5 Å². The molecule has 0 aliphatic carbocycles. The molecule has 1 aromatic carbocycles. The average Bonchev–Trinajstić information content (AvgIpc) is 2.47. The summed E-state index contributed by atoms with van der Waals surface area (Å²) in [4.78, 5) is 0. The molecule has 1 unspecified atom stereocenters. The van der Waals surface area contributed by atoms with Gasteiger partial charge in [-0.3, -0.25) is 0 Å². The molecule has 1 aliphatic heterocycles. The van der Waals surface area contributed by atoms with Gasteiger partial charge >= 0.3 is 0 Å². The first-order chi connectivity index (χ1) is 9.69. The van der Waals surface area contributed by atoms with Crippen LogP contribution in [-0.2, 0) is 11.2 Å². The maximum absolute atomic E-state index is 6.09. The van der Waals surface area contributed by atoms with E-state index in [0.717, 1.165) is 51.3 Å². The quantitative estimate of drug-likeness (QED) is 0.869. The fraction of sp³-hybridized carbons (Fsp3) is 0.647. The highest BCUT2D eigenvalue weighted by Gasteiger charge is 2.15. The number of benzene rings is 1. The Kier molecular flexibility index (Phi) is 5.86. The molecule has 0 bridgehead atoms. The van der Waals surface area contributed by atoms with E-state index in [1.807, 2.05) is 0 Å². The monoisotopic (exact) mass is 277 g/mol. The zero-order chi connectivity index (χ0) is 14.4. The van der Waals surface area contributed by atoms with Gasteiger partial charge in [0.2, 0.25) is 0 Å². The molecule has 1 fully saturated rings. The molecule has 0 saturated carbocycles. The number of hydrogen-bond donors (Lipinski definition) is 1. The van der Waals surface area contributed by atoms with Crippen LogP contribution in [0.3, 0.4) is 0 Å². The van der Waals surface area contributed by atoms with Crippen molar-refractivity contribution in [2.75, 3.05) is 19.8 Å². The van der Waals surface area contributed by atoms with Crippen molar-refractivity contribution in [2.45, 2.75) is 45.6 Å². The van der Waals surface area contributed by atoms with Gasteiger partial charge in [-0.2, -0.15) is 0 Å². The third-order valence-electron chi connectivity index (χ3n) is 4.04. The second-order valence-corrected chi connectivity index (χ2v) is 5.85. The Morgan fingerprint density at radius 3 is 2.80 bits per heavy atom. The van der Waals surface area contributed by atoms with Crippen LogP contribution in [0.1, 0.15) is 37.3 Å². The molecule has 3 nitrogen and oxygen atoms in total. The molecular formula is C17H27NO2. The van der Waals surface area contributed by atoms with Crippen LogP contribution in [0.5, 0.6) is 5.75 Å². The molecular weight excluding hydrogens is 250 g/mol. The molecule has 20 heavy (non-hydrogen) atoms. The van der Waals surface area contributed by atoms with Gasteiger partial charge in [0.1, 0.15) is 5.75 Å². The van der Waals surface area contributed by atoms with E-state index in [9.17, 15) is 0 Å². The van der Waals surface area contributed by atoms with Crippen molar-refractivity contribution in [3.8, 4) is 5.75 Å². The van der Waals surface area contributed by atoms with Crippen molar-refractivity contribution < 1.29 is 9.47 Å². The van der Waals surface area contributed by atoms with Gasteiger partial charge in [-0.25, -0.2) is 0 Å². The summed E-state index contributed by atoms with van der Waals surface area (Å²) in [7, 11) is 0. The van der Waals surface area contributed by atoms with Crippen molar-refractivity contribution in [3.63, 3.8) is 0 Å². The lowest BCUT2D eigenvalue weighted by Crippen LogP contribution is -2.23. The molecule has 2 rings (SSSR count). The number of aryl methyl sites for hydroxylation is 1. The van der Waals surface area contributed by atoms with Gasteiger partial charge in [0.05, 0.1) is 6.61 Å². The lowest BCUT2D eigenvalue weighted by atomic mass is 10.0. The predicted molar refractivity (Wildman–Crippen MR) is 82.2 cm³/mol. The molecule has 0 spiro atoms. The molecule has 0 aromatic heterocycles. The minimum Gasteiger partial charge on any atom is -0.493 e. The second kappa shape index (κ2) is 7.65. The van der Waals surface area contributed by atoms with Crippen molar-refractivity contribution in [1.82, 2.24) is 0 Å². The van der Waals surface area contributed by atoms with E-state index < -0.39 is 0 Å². The van der Waals surface area contributed by atoms with E-state index in [1.54, 1.807) is 0 Å². The Hall–Kier alpha value is -1.06. The number of nitrogens with two attached hydrogens (primary N) is 1. The summed E-state index contributed by atoms with van der Waals surface area (Å²) >= 11 is 0. The van der Waals surface area contributed by atoms with Crippen LogP contribution in [0.4, 0.5) is 0 Å². The van der Waals surface area contributed by atoms with Crippen molar-refractivity contribution in [3.05, 3.63) is 29.3 Å². The smallest absolute Gasteiger partial charge is 0.122 e. The zero-order valence-corrected chi connectivity index (χ0v) is 12.7. The first kappa shape index (κ1) is 15.3. The van der Waals surface area contributed by atoms with Crippen LogP contribution in [0.15, 0.2) is 18.2 Å². The Labute approximate surface area is 122 Å². The largest absolute Gasteiger partial charge is 0.493 e. The van der Waals surface area contributed by atoms with Gasteiger partial charge in [0.25, 0.3) is 0 Å². The minimum atomic E-state index is 0.210. The molecule has 1 aromatic rings. The number of hydrogen-bond acceptors (Lipinski definition) is 3. The Bertz CT molecular complexity index is 413. The highest BCUT2D eigenvalue weighted by molar-refractivity contribution is 5.37. The third-order valence-corrected chi connectivity index (χ3v) is 4.04. The van der Waals surface area contributed by atoms with Crippen LogP contribution in [0, 0.1) is 12.8 Å². The van der Waals surface area contributed by atoms with Gasteiger partial charge < -0.3 is 15.2 Å². The second-order valence-electron chi connectivity index (χ2n) is 5.85. The fourth-order valence-electron chi connectivity index (χ4n) is 2.56. The highest BCUT2D eigenvalue weighted by Crippen LogP contribution is 2.24. The van der Waals surface area contributed by atoms with Crippen molar-refractivity contribution >= 4 is 0 Å². The molecule has 1 saturated heterocycles. The highest BCUT2D eigenvalue weighted by atomic mass is 16.5. The van der Waals surface area contributed by atoms with E-state index in [0.29, 0.717) is 5.92 Å². The number of rotatable bonds is 6. The van der Waals surface area contributed by atoms with Gasteiger partial charge in [-0.15, -0.1) is 0 Å². The van der Waals surface area contributed by atoms with Crippen molar-refractivity contribution in [1.29, 1.82) is 0 Å². The topological polar surface area (TPSA) is 44.5 Å². The summed E-state index contributed by atoms with van der Waals surface area (Å²) in [6, 6.07) is 6.61. The van der Waals surface area contributed by atoms with Gasteiger partial charge in [-0.1, -0.05) is 24.6 Å². The van der Waals surface area contributed by atoms with E-state index >= 15 is 0 Å². The molecule has 2 N–H and O–H groups in total. The third kappa shape index (κ3) is 4.50. The van der Waals surface area contributed by atoms with Crippen LogP contribution in [0.2, 0.25) is 0 Å². The molecule has 3 heteroatoms. The number of ether oxygens (including phenoxy) is 2. The Morgan fingerprint density at radius 1 is 1.35 bits per heavy atom. The molecule has 1 aliphatic rings. The normalized spacial score (nSPS) is 17.9. The van der Waals surface area contributed by atoms with Crippen LogP contribution in [0.25, 0.3) is 0 Å². The lowest BCUT2D eigenvalue weighted by Gasteiger charge is -2.23. The Morgan fingerprint density at radius 2 is 2.10 bits per heavy atom. The van der Waals surface area contributed by atoms with E-state index in [4.69, 9.17) is 15.2 Å². The summed E-state index contributed by atoms with van der Waals surface area (Å²) in [6.07, 6.45) is 4.10. The maximum atomic E-state index is 6.09. The van der Waals surface area contributed by atoms with E-state index in [2.05, 4.69) is 32.0 Å². The Balaban J connectivity index is 1.98. The lowest BCUT2D eigenvalue weighted by molar-refractivity contribution is 0.0496. The zero-order valence-electron chi connectivity index (χ0n) is 12.7. The maximum Gasteiger partial charge on any atom is 0.122 e. The summed E-state index contributed by atoms with van der Waals surface area (Å²) < 4.78 is 11.5. The first-order valence-electron chi connectivity index (χ1n) is 7.74. The average molecular weight is 277 g/mol. The van der Waals surface area contributed by atoms with Gasteiger partial charge in [0, 0.05) is 19.3 Å². The van der Waals surface area contributed by atoms with E-state index in [1.165, 1.54) is 11.1 Å². The van der Waals surface area contributed by atoms with Gasteiger partial charge in [-0.05, 0) is 50.2 Å². The minimum absolute atomic E-state index is 0.210. The standard InChI is InChI=1S/C17H27NO2/c1-3-16(18)11-15-10-13(2)4-5-17(15)20-12-14-6-8-19-9-7-14/h4-5,10,14,16H,3,6-9,11-12,18H2,1-2H3. The summed E-state index contributed by atoms with van der Waals surface area (Å²) in [5, 5.41) is 0. The molecule has 1 atom stereocenters.